The summed E-state index contributed by atoms with van der Waals surface area (Å²) in [4.78, 5) is 15.1. The first kappa shape index (κ1) is 13.2. The first-order valence-electron chi connectivity index (χ1n) is 6.21. The number of fused-ring (bicyclic) bond motifs is 1. The van der Waals surface area contributed by atoms with Crippen molar-refractivity contribution < 1.29 is 4.92 Å². The van der Waals surface area contributed by atoms with Crippen molar-refractivity contribution in [2.75, 3.05) is 0 Å². The van der Waals surface area contributed by atoms with E-state index in [4.69, 9.17) is 0 Å². The van der Waals surface area contributed by atoms with E-state index in [-0.39, 0.29) is 16.5 Å². The number of nitro groups is 1. The molecule has 2 rings (SSSR count). The highest BCUT2D eigenvalue weighted by atomic mass is 16.6. The minimum atomic E-state index is -0.317. The Hall–Kier alpha value is -2.23. The van der Waals surface area contributed by atoms with Crippen LogP contribution in [0, 0.1) is 23.0 Å². The molecule has 0 spiro atoms. The first-order valence-corrected chi connectivity index (χ1v) is 6.21. The zero-order valence-electron chi connectivity index (χ0n) is 11.3. The molecule has 0 aliphatic rings. The molecule has 0 radical (unpaired) electrons. The maximum Gasteiger partial charge on any atom is 0.249 e. The van der Waals surface area contributed by atoms with Crippen LogP contribution in [-0.2, 0) is 0 Å². The Balaban J connectivity index is 2.49. The van der Waals surface area contributed by atoms with Gasteiger partial charge in [-0.2, -0.15) is 0 Å². The number of pyridine rings is 1. The molecule has 0 bridgehead atoms. The molecule has 1 aromatic heterocycles. The molecule has 0 N–H and O–H groups in total. The number of allylic oxidation sites excluding steroid dienone is 1. The maximum atomic E-state index is 11.0. The van der Waals surface area contributed by atoms with E-state index < -0.39 is 0 Å². The highest BCUT2D eigenvalue weighted by Crippen LogP contribution is 2.19. The predicted octanol–water partition coefficient (Wildman–Crippen LogP) is 3.82. The van der Waals surface area contributed by atoms with Crippen molar-refractivity contribution in [2.24, 2.45) is 5.92 Å². The van der Waals surface area contributed by atoms with Gasteiger partial charge < -0.3 is 0 Å². The predicted molar refractivity (Wildman–Crippen MR) is 76.3 cm³/mol. The van der Waals surface area contributed by atoms with Crippen LogP contribution in [0.1, 0.15) is 25.1 Å². The highest BCUT2D eigenvalue weighted by molar-refractivity contribution is 5.81. The second-order valence-electron chi connectivity index (χ2n) is 4.89. The Morgan fingerprint density at radius 2 is 2.05 bits per heavy atom. The monoisotopic (exact) mass is 256 g/mol. The summed E-state index contributed by atoms with van der Waals surface area (Å²) in [6.45, 7) is 5.58. The second-order valence-corrected chi connectivity index (χ2v) is 4.89. The number of nitrogens with zero attached hydrogens (tertiary/aromatic N) is 2. The lowest BCUT2D eigenvalue weighted by Gasteiger charge is -2.03. The average Bonchev–Trinajstić information content (AvgIpc) is 2.35. The molecule has 19 heavy (non-hydrogen) atoms. The molecule has 0 unspecified atom stereocenters. The van der Waals surface area contributed by atoms with Gasteiger partial charge in [0.15, 0.2) is 0 Å². The molecule has 98 valence electrons. The number of hydrogen-bond acceptors (Lipinski definition) is 3. The summed E-state index contributed by atoms with van der Waals surface area (Å²) in [6, 6.07) is 9.60. The lowest BCUT2D eigenvalue weighted by atomic mass is 10.1. The van der Waals surface area contributed by atoms with E-state index in [1.54, 1.807) is 6.08 Å². The Morgan fingerprint density at radius 1 is 1.32 bits per heavy atom. The van der Waals surface area contributed by atoms with Crippen molar-refractivity contribution in [1.29, 1.82) is 0 Å². The molecule has 0 aliphatic heterocycles. The van der Waals surface area contributed by atoms with Crippen LogP contribution >= 0.6 is 0 Å². The lowest BCUT2D eigenvalue weighted by Crippen LogP contribution is -2.05. The zero-order chi connectivity index (χ0) is 14.0. The summed E-state index contributed by atoms with van der Waals surface area (Å²) in [7, 11) is 0. The molecule has 0 fully saturated rings. The fourth-order valence-electron chi connectivity index (χ4n) is 1.94. The van der Waals surface area contributed by atoms with Gasteiger partial charge >= 0.3 is 0 Å². The molecule has 1 aromatic carbocycles. The van der Waals surface area contributed by atoms with Crippen LogP contribution in [0.2, 0.25) is 0 Å². The normalized spacial score (nSPS) is 12.1. The molecule has 4 nitrogen and oxygen atoms in total. The van der Waals surface area contributed by atoms with E-state index in [1.165, 1.54) is 0 Å². The van der Waals surface area contributed by atoms with Gasteiger partial charge in [-0.05, 0) is 30.7 Å². The summed E-state index contributed by atoms with van der Waals surface area (Å²) in [5.41, 5.74) is 2.92. The van der Waals surface area contributed by atoms with Gasteiger partial charge in [-0.15, -0.1) is 0 Å². The van der Waals surface area contributed by atoms with Crippen LogP contribution in [-0.4, -0.2) is 9.91 Å². The highest BCUT2D eigenvalue weighted by Gasteiger charge is 2.15. The maximum absolute atomic E-state index is 11.0. The van der Waals surface area contributed by atoms with Gasteiger partial charge in [-0.25, -0.2) is 0 Å². The molecule has 0 saturated carbocycles. The third kappa shape index (κ3) is 2.96. The van der Waals surface area contributed by atoms with Crippen LogP contribution in [0.3, 0.4) is 0 Å². The first-order chi connectivity index (χ1) is 8.97. The van der Waals surface area contributed by atoms with Crippen LogP contribution in [0.15, 0.2) is 36.0 Å². The van der Waals surface area contributed by atoms with Crippen molar-refractivity contribution in [3.05, 3.63) is 57.4 Å². The van der Waals surface area contributed by atoms with Crippen molar-refractivity contribution in [2.45, 2.75) is 20.8 Å². The standard InChI is InChI=1S/C15H16N2O2/c1-10(2)15(17(18)19)9-12-5-7-14-13(8-12)6-4-11(3)16-14/h4-10H,1-3H3/b15-9-. The summed E-state index contributed by atoms with van der Waals surface area (Å²) in [6.07, 6.45) is 1.63. The van der Waals surface area contributed by atoms with Gasteiger partial charge in [0.05, 0.1) is 10.4 Å². The topological polar surface area (TPSA) is 56.0 Å². The Labute approximate surface area is 111 Å². The number of hydrogen-bond donors (Lipinski definition) is 0. The quantitative estimate of drug-likeness (QED) is 0.619. The minimum absolute atomic E-state index is 0.109. The number of rotatable bonds is 3. The van der Waals surface area contributed by atoms with E-state index in [9.17, 15) is 10.1 Å². The van der Waals surface area contributed by atoms with Gasteiger partial charge in [0.2, 0.25) is 5.70 Å². The third-order valence-electron chi connectivity index (χ3n) is 2.97. The van der Waals surface area contributed by atoms with Crippen LogP contribution in [0.4, 0.5) is 0 Å². The van der Waals surface area contributed by atoms with Crippen LogP contribution in [0.25, 0.3) is 17.0 Å². The SMILES string of the molecule is Cc1ccc2cc(/C=C(/C(C)C)[N+](=O)[O-])ccc2n1. The molecule has 4 heteroatoms. The van der Waals surface area contributed by atoms with Crippen molar-refractivity contribution >= 4 is 17.0 Å². The molecular weight excluding hydrogens is 240 g/mol. The summed E-state index contributed by atoms with van der Waals surface area (Å²) < 4.78 is 0. The van der Waals surface area contributed by atoms with Gasteiger partial charge in [-0.3, -0.25) is 15.1 Å². The second kappa shape index (κ2) is 5.18. The van der Waals surface area contributed by atoms with E-state index in [0.29, 0.717) is 0 Å². The van der Waals surface area contributed by atoms with Crippen molar-refractivity contribution in [3.63, 3.8) is 0 Å². The van der Waals surface area contributed by atoms with Crippen LogP contribution < -0.4 is 0 Å². The molecule has 1 heterocycles. The largest absolute Gasteiger partial charge is 0.259 e. The van der Waals surface area contributed by atoms with E-state index >= 15 is 0 Å². The molecule has 0 atom stereocenters. The Morgan fingerprint density at radius 3 is 2.68 bits per heavy atom. The van der Waals surface area contributed by atoms with Crippen LogP contribution in [0.5, 0.6) is 0 Å². The Kier molecular flexibility index (Phi) is 3.60. The summed E-state index contributed by atoms with van der Waals surface area (Å²) >= 11 is 0. The molecular formula is C15H16N2O2. The lowest BCUT2D eigenvalue weighted by molar-refractivity contribution is -0.431. The zero-order valence-corrected chi connectivity index (χ0v) is 11.3. The molecule has 0 saturated heterocycles. The molecule has 0 amide bonds. The minimum Gasteiger partial charge on any atom is -0.259 e. The van der Waals surface area contributed by atoms with Crippen molar-refractivity contribution in [1.82, 2.24) is 4.98 Å². The van der Waals surface area contributed by atoms with E-state index in [1.807, 2.05) is 51.1 Å². The molecule has 0 aliphatic carbocycles. The number of aryl methyl sites for hydroxylation is 1. The summed E-state index contributed by atoms with van der Waals surface area (Å²) in [5.74, 6) is -0.109. The van der Waals surface area contributed by atoms with E-state index in [0.717, 1.165) is 22.2 Å². The fourth-order valence-corrected chi connectivity index (χ4v) is 1.94. The van der Waals surface area contributed by atoms with E-state index in [2.05, 4.69) is 4.98 Å². The number of benzene rings is 1. The molecule has 2 aromatic rings. The smallest absolute Gasteiger partial charge is 0.249 e. The Bertz CT molecular complexity index is 660. The number of aromatic nitrogens is 1. The summed E-state index contributed by atoms with van der Waals surface area (Å²) in [5, 5.41) is 12.0. The van der Waals surface area contributed by atoms with Gasteiger partial charge in [0, 0.05) is 23.1 Å². The third-order valence-corrected chi connectivity index (χ3v) is 2.97. The fraction of sp³-hybridized carbons (Fsp3) is 0.267. The van der Waals surface area contributed by atoms with Gasteiger partial charge in [0.1, 0.15) is 0 Å². The van der Waals surface area contributed by atoms with Gasteiger partial charge in [0.25, 0.3) is 0 Å². The van der Waals surface area contributed by atoms with Crippen molar-refractivity contribution in [3.8, 4) is 0 Å². The average molecular weight is 256 g/mol. The van der Waals surface area contributed by atoms with Gasteiger partial charge in [-0.1, -0.05) is 26.0 Å².